The number of hydrogen-bond donors (Lipinski definition) is 1. The molecule has 0 amide bonds. The summed E-state index contributed by atoms with van der Waals surface area (Å²) >= 11 is 0. The van der Waals surface area contributed by atoms with Crippen molar-refractivity contribution in [2.45, 2.75) is 52.5 Å². The molecule has 3 unspecified atom stereocenters. The molecule has 0 saturated heterocycles. The van der Waals surface area contributed by atoms with Crippen LogP contribution in [0.1, 0.15) is 44.2 Å². The van der Waals surface area contributed by atoms with Crippen molar-refractivity contribution < 1.29 is 0 Å². The highest BCUT2D eigenvalue weighted by Crippen LogP contribution is 2.29. The summed E-state index contributed by atoms with van der Waals surface area (Å²) in [4.78, 5) is 0. The topological polar surface area (TPSA) is 12.0 Å². The summed E-state index contributed by atoms with van der Waals surface area (Å²) in [5.74, 6) is 1.71. The van der Waals surface area contributed by atoms with Gasteiger partial charge in [-0.25, -0.2) is 0 Å². The number of nitrogens with one attached hydrogen (secondary N) is 1. The molecule has 0 aromatic heterocycles. The molecule has 18 heavy (non-hydrogen) atoms. The normalized spacial score (nSPS) is 28.3. The lowest BCUT2D eigenvalue weighted by molar-refractivity contribution is 0.208. The van der Waals surface area contributed by atoms with E-state index in [-0.39, 0.29) is 0 Å². The van der Waals surface area contributed by atoms with Gasteiger partial charge in [-0.05, 0) is 43.7 Å². The molecule has 1 saturated carbocycles. The summed E-state index contributed by atoms with van der Waals surface area (Å²) in [6.07, 6.45) is 5.32. The van der Waals surface area contributed by atoms with Crippen molar-refractivity contribution in [3.05, 3.63) is 35.4 Å². The number of hydrogen-bond acceptors (Lipinski definition) is 1. The van der Waals surface area contributed by atoms with Gasteiger partial charge in [0.05, 0.1) is 0 Å². The summed E-state index contributed by atoms with van der Waals surface area (Å²) in [6.45, 7) is 8.10. The van der Waals surface area contributed by atoms with E-state index < -0.39 is 0 Å². The molecular formula is C17H27N. The maximum Gasteiger partial charge on any atom is 0.00953 e. The molecule has 0 radical (unpaired) electrons. The maximum absolute atomic E-state index is 3.77. The van der Waals surface area contributed by atoms with Crippen molar-refractivity contribution in [1.29, 1.82) is 0 Å². The fourth-order valence-corrected chi connectivity index (χ4v) is 3.14. The van der Waals surface area contributed by atoms with Gasteiger partial charge >= 0.3 is 0 Å². The van der Waals surface area contributed by atoms with Crippen LogP contribution < -0.4 is 5.32 Å². The second-order valence-corrected chi connectivity index (χ2v) is 6.07. The van der Waals surface area contributed by atoms with Gasteiger partial charge in [0.2, 0.25) is 0 Å². The van der Waals surface area contributed by atoms with E-state index >= 15 is 0 Å². The van der Waals surface area contributed by atoms with Gasteiger partial charge in [0.1, 0.15) is 0 Å². The standard InChI is InChI=1S/C17H27N/c1-13-6-4-8-16(12-13)10-11-18-17-9-5-7-14(2)15(17)3/h4,6,8,12,14-15,17-18H,5,7,9-11H2,1-3H3. The highest BCUT2D eigenvalue weighted by atomic mass is 14.9. The molecule has 1 N–H and O–H groups in total. The Balaban J connectivity index is 1.78. The Morgan fingerprint density at radius 1 is 1.22 bits per heavy atom. The van der Waals surface area contributed by atoms with Gasteiger partial charge < -0.3 is 5.32 Å². The van der Waals surface area contributed by atoms with Gasteiger partial charge in [-0.2, -0.15) is 0 Å². The molecule has 1 aliphatic carbocycles. The minimum Gasteiger partial charge on any atom is -0.313 e. The van der Waals surface area contributed by atoms with E-state index in [0.717, 1.165) is 30.8 Å². The van der Waals surface area contributed by atoms with Crippen LogP contribution in [-0.4, -0.2) is 12.6 Å². The fourth-order valence-electron chi connectivity index (χ4n) is 3.14. The molecule has 0 bridgehead atoms. The lowest BCUT2D eigenvalue weighted by atomic mass is 9.78. The van der Waals surface area contributed by atoms with E-state index in [1.54, 1.807) is 0 Å². The minimum atomic E-state index is 0.735. The molecule has 0 spiro atoms. The lowest BCUT2D eigenvalue weighted by Gasteiger charge is -2.34. The fraction of sp³-hybridized carbons (Fsp3) is 0.647. The third-order valence-corrected chi connectivity index (χ3v) is 4.61. The van der Waals surface area contributed by atoms with Crippen LogP contribution >= 0.6 is 0 Å². The molecule has 3 atom stereocenters. The Kier molecular flexibility index (Phi) is 4.82. The molecule has 1 heteroatoms. The van der Waals surface area contributed by atoms with E-state index in [1.165, 1.54) is 30.4 Å². The molecule has 1 aliphatic rings. The first-order valence-corrected chi connectivity index (χ1v) is 7.46. The van der Waals surface area contributed by atoms with Crippen molar-refractivity contribution in [2.24, 2.45) is 11.8 Å². The van der Waals surface area contributed by atoms with Gasteiger partial charge in [0.25, 0.3) is 0 Å². The van der Waals surface area contributed by atoms with Crippen molar-refractivity contribution in [3.8, 4) is 0 Å². The molecule has 100 valence electrons. The largest absolute Gasteiger partial charge is 0.313 e. The summed E-state index contributed by atoms with van der Waals surface area (Å²) in [5.41, 5.74) is 2.83. The van der Waals surface area contributed by atoms with Crippen LogP contribution in [-0.2, 0) is 6.42 Å². The number of benzene rings is 1. The van der Waals surface area contributed by atoms with Crippen LogP contribution in [0.15, 0.2) is 24.3 Å². The number of rotatable bonds is 4. The van der Waals surface area contributed by atoms with Crippen molar-refractivity contribution in [1.82, 2.24) is 5.32 Å². The van der Waals surface area contributed by atoms with Gasteiger partial charge in [-0.15, -0.1) is 0 Å². The second-order valence-electron chi connectivity index (χ2n) is 6.07. The second kappa shape index (κ2) is 6.38. The Bertz CT molecular complexity index is 372. The third kappa shape index (κ3) is 3.58. The van der Waals surface area contributed by atoms with Gasteiger partial charge in [0.15, 0.2) is 0 Å². The van der Waals surface area contributed by atoms with Gasteiger partial charge in [-0.1, -0.05) is 56.5 Å². The van der Waals surface area contributed by atoms with E-state index in [1.807, 2.05) is 0 Å². The summed E-state index contributed by atoms with van der Waals surface area (Å²) < 4.78 is 0. The van der Waals surface area contributed by atoms with E-state index in [2.05, 4.69) is 50.4 Å². The summed E-state index contributed by atoms with van der Waals surface area (Å²) in [5, 5.41) is 3.77. The van der Waals surface area contributed by atoms with Crippen molar-refractivity contribution >= 4 is 0 Å². The minimum absolute atomic E-state index is 0.735. The highest BCUT2D eigenvalue weighted by molar-refractivity contribution is 5.22. The Morgan fingerprint density at radius 3 is 2.83 bits per heavy atom. The number of aryl methyl sites for hydroxylation is 1. The molecule has 0 heterocycles. The zero-order valence-electron chi connectivity index (χ0n) is 12.1. The van der Waals surface area contributed by atoms with Gasteiger partial charge in [0, 0.05) is 6.04 Å². The first-order valence-electron chi connectivity index (χ1n) is 7.46. The monoisotopic (exact) mass is 245 g/mol. The third-order valence-electron chi connectivity index (χ3n) is 4.61. The van der Waals surface area contributed by atoms with Crippen LogP contribution in [0.2, 0.25) is 0 Å². The zero-order valence-corrected chi connectivity index (χ0v) is 12.1. The first-order chi connectivity index (χ1) is 8.66. The zero-order chi connectivity index (χ0) is 13.0. The summed E-state index contributed by atoms with van der Waals surface area (Å²) in [6, 6.07) is 9.60. The van der Waals surface area contributed by atoms with Crippen LogP contribution in [0.3, 0.4) is 0 Å². The molecule has 1 fully saturated rings. The Morgan fingerprint density at radius 2 is 2.06 bits per heavy atom. The van der Waals surface area contributed by atoms with Crippen molar-refractivity contribution in [3.63, 3.8) is 0 Å². The highest BCUT2D eigenvalue weighted by Gasteiger charge is 2.26. The molecular weight excluding hydrogens is 218 g/mol. The summed E-state index contributed by atoms with van der Waals surface area (Å²) in [7, 11) is 0. The average Bonchev–Trinajstić information content (AvgIpc) is 2.35. The van der Waals surface area contributed by atoms with Crippen molar-refractivity contribution in [2.75, 3.05) is 6.54 Å². The van der Waals surface area contributed by atoms with Crippen LogP contribution in [0.5, 0.6) is 0 Å². The Hall–Kier alpha value is -0.820. The average molecular weight is 245 g/mol. The molecule has 2 rings (SSSR count). The van der Waals surface area contributed by atoms with Crippen LogP contribution in [0.25, 0.3) is 0 Å². The first kappa shape index (κ1) is 13.6. The maximum atomic E-state index is 3.77. The molecule has 0 aliphatic heterocycles. The lowest BCUT2D eigenvalue weighted by Crippen LogP contribution is -2.41. The SMILES string of the molecule is Cc1cccc(CCNC2CCCC(C)C2C)c1. The molecule has 1 aromatic rings. The van der Waals surface area contributed by atoms with E-state index in [9.17, 15) is 0 Å². The smallest absolute Gasteiger partial charge is 0.00953 e. The van der Waals surface area contributed by atoms with E-state index in [4.69, 9.17) is 0 Å². The quantitative estimate of drug-likeness (QED) is 0.847. The predicted molar refractivity (Wildman–Crippen MR) is 78.9 cm³/mol. The Labute approximate surface area is 112 Å². The molecule has 1 aromatic carbocycles. The van der Waals surface area contributed by atoms with Crippen LogP contribution in [0.4, 0.5) is 0 Å². The molecule has 1 nitrogen and oxygen atoms in total. The van der Waals surface area contributed by atoms with E-state index in [0.29, 0.717) is 0 Å². The van der Waals surface area contributed by atoms with Gasteiger partial charge in [-0.3, -0.25) is 0 Å². The predicted octanol–water partition coefficient (Wildman–Crippen LogP) is 3.95. The van der Waals surface area contributed by atoms with Crippen LogP contribution in [0, 0.1) is 18.8 Å².